The summed E-state index contributed by atoms with van der Waals surface area (Å²) in [6.45, 7) is 4.33. The van der Waals surface area contributed by atoms with Gasteiger partial charge in [0.25, 0.3) is 5.91 Å². The molecular formula is C22H25N3O3. The van der Waals surface area contributed by atoms with Crippen LogP contribution in [0.1, 0.15) is 47.8 Å². The first kappa shape index (κ1) is 19.6. The molecule has 1 aliphatic heterocycles. The van der Waals surface area contributed by atoms with E-state index in [0.29, 0.717) is 12.1 Å². The highest BCUT2D eigenvalue weighted by molar-refractivity contribution is 5.96. The van der Waals surface area contributed by atoms with Gasteiger partial charge in [-0.1, -0.05) is 49.4 Å². The van der Waals surface area contributed by atoms with Crippen molar-refractivity contribution < 1.29 is 14.4 Å². The van der Waals surface area contributed by atoms with Crippen molar-refractivity contribution in [1.82, 2.24) is 15.8 Å². The highest BCUT2D eigenvalue weighted by atomic mass is 16.2. The molecule has 3 amide bonds. The molecule has 2 N–H and O–H groups in total. The number of hydrazine groups is 1. The summed E-state index contributed by atoms with van der Waals surface area (Å²) in [5, 5.41) is 0. The lowest BCUT2D eigenvalue weighted by Gasteiger charge is -2.25. The highest BCUT2D eigenvalue weighted by Crippen LogP contribution is 2.28. The quantitative estimate of drug-likeness (QED) is 0.784. The van der Waals surface area contributed by atoms with Crippen LogP contribution in [0.4, 0.5) is 0 Å². The molecule has 1 fully saturated rings. The van der Waals surface area contributed by atoms with E-state index >= 15 is 0 Å². The second-order valence-corrected chi connectivity index (χ2v) is 7.03. The fourth-order valence-corrected chi connectivity index (χ4v) is 3.38. The third kappa shape index (κ3) is 4.39. The molecule has 0 spiro atoms. The molecule has 1 saturated heterocycles. The van der Waals surface area contributed by atoms with Crippen LogP contribution in [0.25, 0.3) is 0 Å². The number of nitrogens with zero attached hydrogens (tertiary/aromatic N) is 1. The molecule has 0 saturated carbocycles. The molecule has 0 aliphatic carbocycles. The Morgan fingerprint density at radius 1 is 1.07 bits per heavy atom. The minimum Gasteiger partial charge on any atom is -0.335 e. The number of carbonyl (C=O) groups is 3. The van der Waals surface area contributed by atoms with E-state index in [-0.39, 0.29) is 30.2 Å². The Hall–Kier alpha value is -3.15. The Bertz CT molecular complexity index is 849. The maximum atomic E-state index is 12.4. The molecule has 0 radical (unpaired) electrons. The van der Waals surface area contributed by atoms with Gasteiger partial charge >= 0.3 is 0 Å². The molecule has 6 nitrogen and oxygen atoms in total. The van der Waals surface area contributed by atoms with Crippen LogP contribution in [-0.4, -0.2) is 29.2 Å². The van der Waals surface area contributed by atoms with E-state index in [4.69, 9.17) is 0 Å². The average molecular weight is 379 g/mol. The van der Waals surface area contributed by atoms with Crippen molar-refractivity contribution in [3.8, 4) is 0 Å². The van der Waals surface area contributed by atoms with Gasteiger partial charge in [-0.15, -0.1) is 0 Å². The van der Waals surface area contributed by atoms with Crippen LogP contribution in [0.5, 0.6) is 0 Å². The molecule has 3 rings (SSSR count). The first-order valence-electron chi connectivity index (χ1n) is 9.53. The van der Waals surface area contributed by atoms with E-state index < -0.39 is 5.92 Å². The molecule has 2 aromatic carbocycles. The van der Waals surface area contributed by atoms with Crippen molar-refractivity contribution in [2.45, 2.75) is 32.7 Å². The highest BCUT2D eigenvalue weighted by Gasteiger charge is 2.37. The maximum absolute atomic E-state index is 12.4. The molecule has 146 valence electrons. The molecule has 1 aliphatic rings. The predicted octanol–water partition coefficient (Wildman–Crippen LogP) is 2.62. The number of likely N-dealkylation sites (tertiary alicyclic amines) is 1. The Morgan fingerprint density at radius 3 is 2.39 bits per heavy atom. The van der Waals surface area contributed by atoms with E-state index in [1.165, 1.54) is 0 Å². The number of hydrogen-bond donors (Lipinski definition) is 2. The normalized spacial score (nSPS) is 17.3. The second-order valence-electron chi connectivity index (χ2n) is 7.03. The second kappa shape index (κ2) is 8.69. The van der Waals surface area contributed by atoms with Gasteiger partial charge in [0.05, 0.1) is 12.0 Å². The van der Waals surface area contributed by atoms with Crippen molar-refractivity contribution in [1.29, 1.82) is 0 Å². The fourth-order valence-electron chi connectivity index (χ4n) is 3.38. The summed E-state index contributed by atoms with van der Waals surface area (Å²) in [5.74, 6) is -1.27. The van der Waals surface area contributed by atoms with Gasteiger partial charge in [-0.25, -0.2) is 0 Å². The molecule has 0 aromatic heterocycles. The van der Waals surface area contributed by atoms with Crippen molar-refractivity contribution in [3.05, 3.63) is 71.3 Å². The van der Waals surface area contributed by atoms with Gasteiger partial charge in [0, 0.05) is 18.5 Å². The zero-order valence-corrected chi connectivity index (χ0v) is 16.1. The van der Waals surface area contributed by atoms with Gasteiger partial charge in [-0.2, -0.15) is 0 Å². The Balaban J connectivity index is 1.55. The molecule has 28 heavy (non-hydrogen) atoms. The zero-order chi connectivity index (χ0) is 20.1. The SMILES string of the molecule is CCc1ccc(C(=O)NNC(=O)C2CC(=O)N(C(C)c3ccccc3)C2)cc1. The van der Waals surface area contributed by atoms with Crippen LogP contribution in [0.15, 0.2) is 54.6 Å². The Morgan fingerprint density at radius 2 is 1.75 bits per heavy atom. The average Bonchev–Trinajstić information content (AvgIpc) is 3.13. The van der Waals surface area contributed by atoms with Crippen LogP contribution in [0, 0.1) is 5.92 Å². The smallest absolute Gasteiger partial charge is 0.269 e. The minimum absolute atomic E-state index is 0.0574. The summed E-state index contributed by atoms with van der Waals surface area (Å²) < 4.78 is 0. The molecule has 6 heteroatoms. The number of aryl methyl sites for hydroxylation is 1. The van der Waals surface area contributed by atoms with Crippen molar-refractivity contribution >= 4 is 17.7 Å². The molecule has 2 aromatic rings. The van der Waals surface area contributed by atoms with Crippen molar-refractivity contribution in [2.24, 2.45) is 5.92 Å². The number of benzene rings is 2. The van der Waals surface area contributed by atoms with E-state index in [2.05, 4.69) is 10.9 Å². The summed E-state index contributed by atoms with van der Waals surface area (Å²) >= 11 is 0. The van der Waals surface area contributed by atoms with Gasteiger partial charge in [-0.3, -0.25) is 25.2 Å². The number of amides is 3. The molecule has 1 heterocycles. The first-order chi connectivity index (χ1) is 13.5. The molecule has 2 atom stereocenters. The van der Waals surface area contributed by atoms with E-state index in [9.17, 15) is 14.4 Å². The molecular weight excluding hydrogens is 354 g/mol. The minimum atomic E-state index is -0.485. The third-order valence-electron chi connectivity index (χ3n) is 5.20. The van der Waals surface area contributed by atoms with E-state index in [0.717, 1.165) is 17.5 Å². The fraction of sp³-hybridized carbons (Fsp3) is 0.318. The topological polar surface area (TPSA) is 78.5 Å². The van der Waals surface area contributed by atoms with Crippen LogP contribution in [0.3, 0.4) is 0 Å². The predicted molar refractivity (Wildman–Crippen MR) is 106 cm³/mol. The van der Waals surface area contributed by atoms with Gasteiger partial charge in [0.1, 0.15) is 0 Å². The van der Waals surface area contributed by atoms with Crippen LogP contribution >= 0.6 is 0 Å². The van der Waals surface area contributed by atoms with Crippen LogP contribution in [-0.2, 0) is 16.0 Å². The van der Waals surface area contributed by atoms with Crippen molar-refractivity contribution in [2.75, 3.05) is 6.54 Å². The van der Waals surface area contributed by atoms with Gasteiger partial charge in [0.15, 0.2) is 0 Å². The number of carbonyl (C=O) groups excluding carboxylic acids is 3. The van der Waals surface area contributed by atoms with Crippen LogP contribution in [0.2, 0.25) is 0 Å². The van der Waals surface area contributed by atoms with Gasteiger partial charge < -0.3 is 4.90 Å². The molecule has 2 unspecified atom stereocenters. The lowest BCUT2D eigenvalue weighted by atomic mass is 10.1. The molecule has 0 bridgehead atoms. The van der Waals surface area contributed by atoms with Gasteiger partial charge in [-0.05, 0) is 36.6 Å². The lowest BCUT2D eigenvalue weighted by Crippen LogP contribution is -2.45. The van der Waals surface area contributed by atoms with Gasteiger partial charge in [0.2, 0.25) is 11.8 Å². The number of rotatable bonds is 5. The maximum Gasteiger partial charge on any atom is 0.269 e. The Labute approximate surface area is 164 Å². The Kier molecular flexibility index (Phi) is 6.09. The third-order valence-corrected chi connectivity index (χ3v) is 5.20. The summed E-state index contributed by atoms with van der Waals surface area (Å²) in [4.78, 5) is 38.7. The summed E-state index contributed by atoms with van der Waals surface area (Å²) in [5.41, 5.74) is 7.53. The number of nitrogens with one attached hydrogen (secondary N) is 2. The summed E-state index contributed by atoms with van der Waals surface area (Å²) in [7, 11) is 0. The lowest BCUT2D eigenvalue weighted by molar-refractivity contribution is -0.130. The summed E-state index contributed by atoms with van der Waals surface area (Å²) in [6.07, 6.45) is 1.04. The van der Waals surface area contributed by atoms with E-state index in [1.54, 1.807) is 17.0 Å². The zero-order valence-electron chi connectivity index (χ0n) is 16.1. The van der Waals surface area contributed by atoms with Crippen LogP contribution < -0.4 is 10.9 Å². The van der Waals surface area contributed by atoms with Crippen molar-refractivity contribution in [3.63, 3.8) is 0 Å². The monoisotopic (exact) mass is 379 g/mol. The number of hydrogen-bond acceptors (Lipinski definition) is 3. The standard InChI is InChI=1S/C22H25N3O3/c1-3-16-9-11-18(12-10-16)21(27)23-24-22(28)19-13-20(26)25(14-19)15(2)17-7-5-4-6-8-17/h4-12,15,19H,3,13-14H2,1-2H3,(H,23,27)(H,24,28). The summed E-state index contributed by atoms with van der Waals surface area (Å²) in [6, 6.07) is 16.8. The largest absolute Gasteiger partial charge is 0.335 e. The van der Waals surface area contributed by atoms with E-state index in [1.807, 2.05) is 56.3 Å². The first-order valence-corrected chi connectivity index (χ1v) is 9.53.